The van der Waals surface area contributed by atoms with Gasteiger partial charge >= 0.3 is 0 Å². The van der Waals surface area contributed by atoms with E-state index in [1.54, 1.807) is 24.4 Å². The van der Waals surface area contributed by atoms with Gasteiger partial charge in [-0.3, -0.25) is 9.59 Å². The van der Waals surface area contributed by atoms with Gasteiger partial charge in [0.15, 0.2) is 5.78 Å². The highest BCUT2D eigenvalue weighted by atomic mass is 35.5. The Morgan fingerprint density at radius 3 is 2.44 bits per heavy atom. The minimum atomic E-state index is 0.0130. The molecule has 2 N–H and O–H groups in total. The molecule has 4 rings (SSSR count). The van der Waals surface area contributed by atoms with Crippen LogP contribution in [0, 0.1) is 0 Å². The van der Waals surface area contributed by atoms with Crippen LogP contribution in [0.3, 0.4) is 0 Å². The maximum absolute atomic E-state index is 12.7. The number of aromatic nitrogens is 1. The normalized spacial score (nSPS) is 13.6. The third kappa shape index (κ3) is 6.95. The maximum Gasteiger partial charge on any atom is 0.253 e. The molecule has 1 saturated heterocycles. The SMILES string of the molecule is Nc1ccc(/C=C/C(=O)CCCOc2ccc(-c3ccc(C(=O)N4CCCCC4)cc3)cc2Cl)cn1. The molecular formula is C29H30ClN3O3. The van der Waals surface area contributed by atoms with Crippen LogP contribution < -0.4 is 10.5 Å². The third-order valence-corrected chi connectivity index (χ3v) is 6.43. The molecule has 0 bridgehead atoms. The van der Waals surface area contributed by atoms with Crippen molar-refractivity contribution in [2.24, 2.45) is 0 Å². The second-order valence-electron chi connectivity index (χ2n) is 8.84. The fourth-order valence-electron chi connectivity index (χ4n) is 4.10. The Bertz CT molecular complexity index is 1220. The van der Waals surface area contributed by atoms with Crippen molar-refractivity contribution in [1.82, 2.24) is 9.88 Å². The lowest BCUT2D eigenvalue weighted by molar-refractivity contribution is -0.114. The van der Waals surface area contributed by atoms with Gasteiger partial charge in [-0.25, -0.2) is 4.98 Å². The van der Waals surface area contributed by atoms with E-state index >= 15 is 0 Å². The average molecular weight is 504 g/mol. The van der Waals surface area contributed by atoms with Gasteiger partial charge in [0, 0.05) is 31.3 Å². The number of pyridine rings is 1. The molecule has 7 heteroatoms. The monoisotopic (exact) mass is 503 g/mol. The zero-order chi connectivity index (χ0) is 25.3. The van der Waals surface area contributed by atoms with E-state index in [0.717, 1.165) is 42.6 Å². The predicted molar refractivity (Wildman–Crippen MR) is 144 cm³/mol. The Kier molecular flexibility index (Phi) is 8.74. The Hall–Kier alpha value is -3.64. The molecule has 1 aliphatic heterocycles. The lowest BCUT2D eigenvalue weighted by Gasteiger charge is -2.26. The number of nitrogens with zero attached hydrogens (tertiary/aromatic N) is 2. The molecule has 3 aromatic rings. The molecule has 1 amide bonds. The summed E-state index contributed by atoms with van der Waals surface area (Å²) in [6.45, 7) is 2.06. The van der Waals surface area contributed by atoms with Crippen LogP contribution in [0.5, 0.6) is 5.75 Å². The summed E-state index contributed by atoms with van der Waals surface area (Å²) in [5, 5.41) is 0.503. The fourth-order valence-corrected chi connectivity index (χ4v) is 4.33. The number of nitrogen functional groups attached to an aromatic ring is 1. The predicted octanol–water partition coefficient (Wildman–Crippen LogP) is 6.05. The standard InChI is InChI=1S/C29H30ClN3O3/c30-26-19-24(22-8-10-23(11-9-22)29(35)33-16-2-1-3-17-33)12-14-27(26)36-18-4-5-25(34)13-6-21-7-15-28(31)32-20-21/h6-15,19-20H,1-5,16-18H2,(H2,31,32)/b13-6+. The van der Waals surface area contributed by atoms with Crippen LogP contribution in [-0.4, -0.2) is 41.3 Å². The lowest BCUT2D eigenvalue weighted by atomic mass is 10.0. The Labute approximate surface area is 216 Å². The molecule has 1 aliphatic rings. The number of benzene rings is 2. The van der Waals surface area contributed by atoms with Gasteiger partial charge in [0.25, 0.3) is 5.91 Å². The maximum atomic E-state index is 12.7. The first-order chi connectivity index (χ1) is 17.5. The molecule has 2 aromatic carbocycles. The summed E-state index contributed by atoms with van der Waals surface area (Å²) < 4.78 is 5.79. The molecular weight excluding hydrogens is 474 g/mol. The molecule has 0 unspecified atom stereocenters. The number of amides is 1. The number of hydrogen-bond donors (Lipinski definition) is 1. The van der Waals surface area contributed by atoms with Crippen LogP contribution in [0.15, 0.2) is 66.9 Å². The van der Waals surface area contributed by atoms with Crippen molar-refractivity contribution in [3.05, 3.63) is 83.0 Å². The lowest BCUT2D eigenvalue weighted by Crippen LogP contribution is -2.35. The molecule has 1 fully saturated rings. The second kappa shape index (κ2) is 12.4. The van der Waals surface area contributed by atoms with Gasteiger partial charge in [0.2, 0.25) is 0 Å². The molecule has 0 spiro atoms. The number of ketones is 1. The number of hydrogen-bond acceptors (Lipinski definition) is 5. The second-order valence-corrected chi connectivity index (χ2v) is 9.25. The van der Waals surface area contributed by atoms with Crippen LogP contribution in [0.2, 0.25) is 5.02 Å². The van der Waals surface area contributed by atoms with Crippen molar-refractivity contribution in [2.45, 2.75) is 32.1 Å². The van der Waals surface area contributed by atoms with Crippen LogP contribution >= 0.6 is 11.6 Å². The molecule has 0 radical (unpaired) electrons. The van der Waals surface area contributed by atoms with Crippen molar-refractivity contribution in [1.29, 1.82) is 0 Å². The molecule has 0 atom stereocenters. The average Bonchev–Trinajstić information content (AvgIpc) is 2.91. The molecule has 36 heavy (non-hydrogen) atoms. The topological polar surface area (TPSA) is 85.5 Å². The summed E-state index contributed by atoms with van der Waals surface area (Å²) >= 11 is 6.45. The van der Waals surface area contributed by atoms with Gasteiger partial charge in [0.1, 0.15) is 11.6 Å². The number of ether oxygens (including phenoxy) is 1. The zero-order valence-corrected chi connectivity index (χ0v) is 20.9. The minimum Gasteiger partial charge on any atom is -0.492 e. The van der Waals surface area contributed by atoms with E-state index in [-0.39, 0.29) is 11.7 Å². The van der Waals surface area contributed by atoms with E-state index in [9.17, 15) is 9.59 Å². The van der Waals surface area contributed by atoms with E-state index in [2.05, 4.69) is 4.98 Å². The molecule has 0 saturated carbocycles. The highest BCUT2D eigenvalue weighted by molar-refractivity contribution is 6.32. The zero-order valence-electron chi connectivity index (χ0n) is 20.2. The van der Waals surface area contributed by atoms with Gasteiger partial charge in [-0.15, -0.1) is 0 Å². The summed E-state index contributed by atoms with van der Waals surface area (Å²) in [7, 11) is 0. The van der Waals surface area contributed by atoms with Crippen LogP contribution in [0.25, 0.3) is 17.2 Å². The largest absolute Gasteiger partial charge is 0.492 e. The van der Waals surface area contributed by atoms with Crippen molar-refractivity contribution in [3.63, 3.8) is 0 Å². The van der Waals surface area contributed by atoms with Gasteiger partial charge in [-0.05, 0) is 90.9 Å². The summed E-state index contributed by atoms with van der Waals surface area (Å²) in [5.74, 6) is 1.13. The molecule has 6 nitrogen and oxygen atoms in total. The van der Waals surface area contributed by atoms with Crippen molar-refractivity contribution in [2.75, 3.05) is 25.4 Å². The van der Waals surface area contributed by atoms with Gasteiger partial charge in [-0.1, -0.05) is 29.8 Å². The van der Waals surface area contributed by atoms with Gasteiger partial charge in [0.05, 0.1) is 11.6 Å². The van der Waals surface area contributed by atoms with Crippen LogP contribution in [-0.2, 0) is 4.79 Å². The molecule has 0 aliphatic carbocycles. The van der Waals surface area contributed by atoms with Crippen molar-refractivity contribution < 1.29 is 14.3 Å². The van der Waals surface area contributed by atoms with Crippen LogP contribution in [0.1, 0.15) is 48.0 Å². The number of rotatable bonds is 9. The first-order valence-corrected chi connectivity index (χ1v) is 12.6. The first kappa shape index (κ1) is 25.5. The summed E-state index contributed by atoms with van der Waals surface area (Å²) in [6, 6.07) is 16.8. The van der Waals surface area contributed by atoms with E-state index in [4.69, 9.17) is 22.1 Å². The Morgan fingerprint density at radius 2 is 1.75 bits per heavy atom. The number of carbonyl (C=O) groups excluding carboxylic acids is 2. The van der Waals surface area contributed by atoms with E-state index in [0.29, 0.717) is 41.6 Å². The van der Waals surface area contributed by atoms with Crippen LogP contribution in [0.4, 0.5) is 5.82 Å². The van der Waals surface area contributed by atoms with Crippen molar-refractivity contribution >= 4 is 35.2 Å². The van der Waals surface area contributed by atoms with Crippen molar-refractivity contribution in [3.8, 4) is 16.9 Å². The number of allylic oxidation sites excluding steroid dienone is 1. The molecule has 186 valence electrons. The van der Waals surface area contributed by atoms with E-state index < -0.39 is 0 Å². The van der Waals surface area contributed by atoms with Gasteiger partial charge in [-0.2, -0.15) is 0 Å². The highest BCUT2D eigenvalue weighted by Gasteiger charge is 2.18. The summed E-state index contributed by atoms with van der Waals surface area (Å²) in [6.07, 6.45) is 9.19. The number of nitrogens with two attached hydrogens (primary N) is 1. The summed E-state index contributed by atoms with van der Waals surface area (Å²) in [4.78, 5) is 30.7. The van der Waals surface area contributed by atoms with E-state index in [1.807, 2.05) is 53.4 Å². The number of anilines is 1. The number of carbonyl (C=O) groups is 2. The smallest absolute Gasteiger partial charge is 0.253 e. The van der Waals surface area contributed by atoms with Gasteiger partial charge < -0.3 is 15.4 Å². The Morgan fingerprint density at radius 1 is 1.00 bits per heavy atom. The first-order valence-electron chi connectivity index (χ1n) is 12.2. The van der Waals surface area contributed by atoms with E-state index in [1.165, 1.54) is 6.42 Å². The fraction of sp³-hybridized carbons (Fsp3) is 0.276. The Balaban J connectivity index is 1.26. The summed E-state index contributed by atoms with van der Waals surface area (Å²) in [5.41, 5.74) is 9.02. The highest BCUT2D eigenvalue weighted by Crippen LogP contribution is 2.31. The molecule has 1 aromatic heterocycles. The number of likely N-dealkylation sites (tertiary alicyclic amines) is 1. The minimum absolute atomic E-state index is 0.0130. The number of piperidine rings is 1. The third-order valence-electron chi connectivity index (χ3n) is 6.14. The molecule has 2 heterocycles. The number of halogens is 1. The quantitative estimate of drug-likeness (QED) is 0.283.